The fourth-order valence-corrected chi connectivity index (χ4v) is 5.59. The SMILES string of the molecule is O=C1COc2ccc(S(=O)(=O)N3CCCC(C(=O)NCCCc4ccccc4)C3)cc2N1. The van der Waals surface area contributed by atoms with Gasteiger partial charge in [0.15, 0.2) is 6.61 Å². The molecule has 2 heterocycles. The van der Waals surface area contributed by atoms with E-state index >= 15 is 0 Å². The average molecular weight is 458 g/mol. The molecule has 0 bridgehead atoms. The second-order valence-corrected chi connectivity index (χ2v) is 10.0. The molecule has 0 spiro atoms. The fourth-order valence-electron chi connectivity index (χ4n) is 4.04. The number of amides is 2. The maximum absolute atomic E-state index is 13.2. The van der Waals surface area contributed by atoms with Gasteiger partial charge in [0.05, 0.1) is 16.5 Å². The van der Waals surface area contributed by atoms with Crippen LogP contribution in [-0.4, -0.2) is 50.8 Å². The number of aryl methyl sites for hydroxylation is 1. The number of piperidine rings is 1. The van der Waals surface area contributed by atoms with Crippen molar-refractivity contribution < 1.29 is 22.7 Å². The largest absolute Gasteiger partial charge is 0.482 e. The molecule has 9 heteroatoms. The van der Waals surface area contributed by atoms with E-state index in [4.69, 9.17) is 4.74 Å². The number of carbonyl (C=O) groups is 2. The molecule has 1 unspecified atom stereocenters. The summed E-state index contributed by atoms with van der Waals surface area (Å²) in [5.41, 5.74) is 1.57. The lowest BCUT2D eigenvalue weighted by atomic mass is 9.99. The maximum Gasteiger partial charge on any atom is 0.262 e. The van der Waals surface area contributed by atoms with E-state index in [1.54, 1.807) is 6.07 Å². The van der Waals surface area contributed by atoms with Gasteiger partial charge in [-0.3, -0.25) is 9.59 Å². The molecule has 32 heavy (non-hydrogen) atoms. The van der Waals surface area contributed by atoms with Crippen molar-refractivity contribution in [1.82, 2.24) is 9.62 Å². The van der Waals surface area contributed by atoms with Gasteiger partial charge in [-0.2, -0.15) is 4.31 Å². The molecule has 4 rings (SSSR count). The summed E-state index contributed by atoms with van der Waals surface area (Å²) >= 11 is 0. The Labute approximate surface area is 188 Å². The predicted molar refractivity (Wildman–Crippen MR) is 120 cm³/mol. The van der Waals surface area contributed by atoms with Crippen LogP contribution in [-0.2, 0) is 26.0 Å². The van der Waals surface area contributed by atoms with Gasteiger partial charge in [-0.15, -0.1) is 0 Å². The molecular weight excluding hydrogens is 430 g/mol. The van der Waals surface area contributed by atoms with Crippen LogP contribution in [0.3, 0.4) is 0 Å². The van der Waals surface area contributed by atoms with Gasteiger partial charge in [-0.25, -0.2) is 8.42 Å². The quantitative estimate of drug-likeness (QED) is 0.620. The number of carbonyl (C=O) groups excluding carboxylic acids is 2. The normalized spacial score (nSPS) is 18.9. The first-order valence-corrected chi connectivity index (χ1v) is 12.3. The van der Waals surface area contributed by atoms with E-state index in [2.05, 4.69) is 22.8 Å². The molecule has 2 aromatic carbocycles. The van der Waals surface area contributed by atoms with Gasteiger partial charge in [-0.1, -0.05) is 30.3 Å². The van der Waals surface area contributed by atoms with Gasteiger partial charge in [0, 0.05) is 19.6 Å². The Morgan fingerprint density at radius 2 is 2.00 bits per heavy atom. The molecule has 0 aromatic heterocycles. The second kappa shape index (κ2) is 9.70. The zero-order valence-corrected chi connectivity index (χ0v) is 18.6. The number of nitrogens with one attached hydrogen (secondary N) is 2. The highest BCUT2D eigenvalue weighted by molar-refractivity contribution is 7.89. The molecule has 1 saturated heterocycles. The molecule has 1 atom stereocenters. The third-order valence-electron chi connectivity index (χ3n) is 5.76. The minimum Gasteiger partial charge on any atom is -0.482 e. The molecule has 0 saturated carbocycles. The molecule has 1 fully saturated rings. The summed E-state index contributed by atoms with van der Waals surface area (Å²) in [5.74, 6) is -0.371. The third kappa shape index (κ3) is 5.11. The Hall–Kier alpha value is -2.91. The van der Waals surface area contributed by atoms with Crippen LogP contribution < -0.4 is 15.4 Å². The number of ether oxygens (including phenoxy) is 1. The van der Waals surface area contributed by atoms with E-state index in [9.17, 15) is 18.0 Å². The summed E-state index contributed by atoms with van der Waals surface area (Å²) in [6.07, 6.45) is 2.98. The van der Waals surface area contributed by atoms with Crippen LogP contribution in [0.4, 0.5) is 5.69 Å². The first-order chi connectivity index (χ1) is 15.4. The van der Waals surface area contributed by atoms with E-state index in [1.807, 2.05) is 18.2 Å². The van der Waals surface area contributed by atoms with Crippen molar-refractivity contribution in [2.24, 2.45) is 5.92 Å². The third-order valence-corrected chi connectivity index (χ3v) is 7.62. The summed E-state index contributed by atoms with van der Waals surface area (Å²) in [6.45, 7) is 0.974. The van der Waals surface area contributed by atoms with Crippen molar-refractivity contribution in [3.8, 4) is 5.75 Å². The summed E-state index contributed by atoms with van der Waals surface area (Å²) in [7, 11) is -3.79. The zero-order valence-electron chi connectivity index (χ0n) is 17.7. The van der Waals surface area contributed by atoms with Crippen LogP contribution in [0.25, 0.3) is 0 Å². The number of sulfonamides is 1. The average Bonchev–Trinajstić information content (AvgIpc) is 2.82. The van der Waals surface area contributed by atoms with Gasteiger partial charge in [0.1, 0.15) is 5.75 Å². The number of fused-ring (bicyclic) bond motifs is 1. The first-order valence-electron chi connectivity index (χ1n) is 10.8. The summed E-state index contributed by atoms with van der Waals surface area (Å²) in [6, 6.07) is 14.5. The smallest absolute Gasteiger partial charge is 0.262 e. The minimum absolute atomic E-state index is 0.0750. The molecule has 2 aliphatic rings. The number of anilines is 1. The molecule has 2 aromatic rings. The topological polar surface area (TPSA) is 105 Å². The summed E-state index contributed by atoms with van der Waals surface area (Å²) in [5, 5.41) is 5.59. The van der Waals surface area contributed by atoms with Crippen LogP contribution in [0.1, 0.15) is 24.8 Å². The first kappa shape index (κ1) is 22.3. The van der Waals surface area contributed by atoms with E-state index in [0.717, 1.165) is 12.8 Å². The van der Waals surface area contributed by atoms with Crippen LogP contribution in [0.15, 0.2) is 53.4 Å². The summed E-state index contributed by atoms with van der Waals surface area (Å²) < 4.78 is 33.0. The lowest BCUT2D eigenvalue weighted by Gasteiger charge is -2.31. The van der Waals surface area contributed by atoms with Crippen LogP contribution in [0.5, 0.6) is 5.75 Å². The standard InChI is InChI=1S/C23H27N3O5S/c27-22-16-31-21-11-10-19(14-20(21)25-22)32(29,30)26-13-5-9-18(15-26)23(28)24-12-4-8-17-6-2-1-3-7-17/h1-3,6-7,10-11,14,18H,4-5,8-9,12-13,15-16H2,(H,24,28)(H,25,27). The van der Waals surface area contributed by atoms with Gasteiger partial charge in [0.25, 0.3) is 5.91 Å². The molecule has 170 valence electrons. The Morgan fingerprint density at radius 3 is 2.81 bits per heavy atom. The highest BCUT2D eigenvalue weighted by Gasteiger charge is 2.34. The predicted octanol–water partition coefficient (Wildman–Crippen LogP) is 2.17. The van der Waals surface area contributed by atoms with Crippen molar-refractivity contribution >= 4 is 27.5 Å². The number of hydrogen-bond acceptors (Lipinski definition) is 5. The van der Waals surface area contributed by atoms with Gasteiger partial charge in [0.2, 0.25) is 15.9 Å². The van der Waals surface area contributed by atoms with E-state index < -0.39 is 10.0 Å². The molecule has 0 radical (unpaired) electrons. The van der Waals surface area contributed by atoms with Crippen molar-refractivity contribution in [3.05, 3.63) is 54.1 Å². The number of rotatable bonds is 7. The van der Waals surface area contributed by atoms with Crippen LogP contribution in [0, 0.1) is 5.92 Å². The number of nitrogens with zero attached hydrogens (tertiary/aromatic N) is 1. The monoisotopic (exact) mass is 457 g/mol. The Kier molecular flexibility index (Phi) is 6.76. The molecule has 2 amide bonds. The Balaban J connectivity index is 1.35. The van der Waals surface area contributed by atoms with E-state index in [-0.39, 0.29) is 35.8 Å². The Bertz CT molecular complexity index is 1090. The van der Waals surface area contributed by atoms with Crippen LogP contribution >= 0.6 is 0 Å². The van der Waals surface area contributed by atoms with Gasteiger partial charge >= 0.3 is 0 Å². The van der Waals surface area contributed by atoms with Gasteiger partial charge in [-0.05, 0) is 49.4 Å². The molecular formula is C23H27N3O5S. The number of benzene rings is 2. The molecule has 2 aliphatic heterocycles. The zero-order chi connectivity index (χ0) is 22.6. The molecule has 2 N–H and O–H groups in total. The van der Waals surface area contributed by atoms with Crippen molar-refractivity contribution in [3.63, 3.8) is 0 Å². The minimum atomic E-state index is -3.79. The van der Waals surface area contributed by atoms with E-state index in [1.165, 1.54) is 22.0 Å². The second-order valence-electron chi connectivity index (χ2n) is 8.08. The van der Waals surface area contributed by atoms with Crippen molar-refractivity contribution in [2.45, 2.75) is 30.6 Å². The van der Waals surface area contributed by atoms with Crippen LogP contribution in [0.2, 0.25) is 0 Å². The highest BCUT2D eigenvalue weighted by Crippen LogP contribution is 2.32. The highest BCUT2D eigenvalue weighted by atomic mass is 32.2. The van der Waals surface area contributed by atoms with Gasteiger partial charge < -0.3 is 15.4 Å². The molecule has 8 nitrogen and oxygen atoms in total. The fraction of sp³-hybridized carbons (Fsp3) is 0.391. The lowest BCUT2D eigenvalue weighted by Crippen LogP contribution is -2.45. The van der Waals surface area contributed by atoms with E-state index in [0.29, 0.717) is 37.4 Å². The summed E-state index contributed by atoms with van der Waals surface area (Å²) in [4.78, 5) is 24.3. The molecule has 0 aliphatic carbocycles. The Morgan fingerprint density at radius 1 is 1.19 bits per heavy atom. The maximum atomic E-state index is 13.2. The lowest BCUT2D eigenvalue weighted by molar-refractivity contribution is -0.126. The number of hydrogen-bond donors (Lipinski definition) is 2. The van der Waals surface area contributed by atoms with Crippen molar-refractivity contribution in [1.29, 1.82) is 0 Å². The van der Waals surface area contributed by atoms with Crippen molar-refractivity contribution in [2.75, 3.05) is 31.6 Å².